The second-order valence-electron chi connectivity index (χ2n) is 5.93. The average molecular weight is 387 g/mol. The number of aromatic nitrogens is 2. The summed E-state index contributed by atoms with van der Waals surface area (Å²) in [5.74, 6) is 0. The molecule has 0 fully saturated rings. The van der Waals surface area contributed by atoms with E-state index < -0.39 is 0 Å². The SMILES string of the molecule is Cc1cc(Cl)c(-n2c(C)cc(=O)c3c(C(N)=CC=N)cncc32)c(Cl)c1. The molecule has 3 N–H and O–H groups in total. The molecule has 0 aliphatic carbocycles. The Morgan fingerprint density at radius 3 is 2.46 bits per heavy atom. The molecule has 0 radical (unpaired) electrons. The van der Waals surface area contributed by atoms with Gasteiger partial charge in [-0.1, -0.05) is 23.2 Å². The minimum Gasteiger partial charge on any atom is -0.398 e. The Morgan fingerprint density at radius 2 is 1.85 bits per heavy atom. The van der Waals surface area contributed by atoms with Crippen LogP contribution < -0.4 is 11.2 Å². The molecule has 0 unspecified atom stereocenters. The summed E-state index contributed by atoms with van der Waals surface area (Å²) in [5, 5.41) is 8.55. The molecule has 0 amide bonds. The first kappa shape index (κ1) is 18.2. The number of aryl methyl sites for hydroxylation is 2. The van der Waals surface area contributed by atoms with Gasteiger partial charge in [0.15, 0.2) is 5.43 Å². The largest absolute Gasteiger partial charge is 0.398 e. The summed E-state index contributed by atoms with van der Waals surface area (Å²) < 4.78 is 1.80. The molecule has 0 aliphatic rings. The van der Waals surface area contributed by atoms with Crippen LogP contribution in [0.15, 0.2) is 41.5 Å². The van der Waals surface area contributed by atoms with Crippen LogP contribution >= 0.6 is 23.2 Å². The standard InChI is InChI=1S/C19H16Cl2N4O/c1-10-5-13(20)19(14(21)6-10)25-11(2)7-17(26)18-12(15(23)3-4-22)8-24-9-16(18)25/h3-9,22H,23H2,1-2H3. The van der Waals surface area contributed by atoms with E-state index >= 15 is 0 Å². The van der Waals surface area contributed by atoms with Gasteiger partial charge in [-0.15, -0.1) is 0 Å². The van der Waals surface area contributed by atoms with Crippen LogP contribution in [-0.4, -0.2) is 15.8 Å². The number of nitrogens with one attached hydrogen (secondary N) is 1. The fraction of sp³-hybridized carbons (Fsp3) is 0.105. The number of halogens is 2. The Balaban J connectivity index is 2.50. The van der Waals surface area contributed by atoms with E-state index in [0.717, 1.165) is 11.8 Å². The topological polar surface area (TPSA) is 84.8 Å². The van der Waals surface area contributed by atoms with Crippen molar-refractivity contribution < 1.29 is 0 Å². The first-order valence-corrected chi connectivity index (χ1v) is 8.53. The molecule has 7 heteroatoms. The second kappa shape index (κ2) is 6.94. The van der Waals surface area contributed by atoms with Crippen LogP contribution in [0.5, 0.6) is 0 Å². The van der Waals surface area contributed by atoms with Gasteiger partial charge in [0.05, 0.1) is 32.8 Å². The van der Waals surface area contributed by atoms with Gasteiger partial charge in [0.2, 0.25) is 0 Å². The molecule has 3 aromatic rings. The van der Waals surface area contributed by atoms with Gasteiger partial charge >= 0.3 is 0 Å². The monoisotopic (exact) mass is 386 g/mol. The number of hydrogen-bond donors (Lipinski definition) is 2. The number of hydrogen-bond acceptors (Lipinski definition) is 4. The third-order valence-corrected chi connectivity index (χ3v) is 4.64. The highest BCUT2D eigenvalue weighted by atomic mass is 35.5. The summed E-state index contributed by atoms with van der Waals surface area (Å²) >= 11 is 12.9. The molecule has 132 valence electrons. The number of benzene rings is 1. The molecule has 0 bridgehead atoms. The fourth-order valence-corrected chi connectivity index (χ4v) is 3.76. The van der Waals surface area contributed by atoms with Crippen LogP contribution in [0.3, 0.4) is 0 Å². The zero-order valence-electron chi connectivity index (χ0n) is 14.2. The van der Waals surface area contributed by atoms with Gasteiger partial charge in [-0.2, -0.15) is 0 Å². The average Bonchev–Trinajstić information content (AvgIpc) is 2.56. The fourth-order valence-electron chi connectivity index (χ4n) is 3.00. The van der Waals surface area contributed by atoms with Crippen molar-refractivity contribution in [2.24, 2.45) is 5.73 Å². The van der Waals surface area contributed by atoms with Crippen molar-refractivity contribution in [2.45, 2.75) is 13.8 Å². The van der Waals surface area contributed by atoms with E-state index in [9.17, 15) is 4.79 Å². The predicted octanol–water partition coefficient (Wildman–Crippen LogP) is 4.26. The van der Waals surface area contributed by atoms with E-state index in [1.807, 2.05) is 19.1 Å². The maximum Gasteiger partial charge on any atom is 0.190 e. The predicted molar refractivity (Wildman–Crippen MR) is 108 cm³/mol. The Morgan fingerprint density at radius 1 is 1.19 bits per heavy atom. The minimum atomic E-state index is -0.188. The summed E-state index contributed by atoms with van der Waals surface area (Å²) in [5.41, 5.74) is 9.30. The van der Waals surface area contributed by atoms with Gasteiger partial charge in [-0.25, -0.2) is 0 Å². The van der Waals surface area contributed by atoms with E-state index in [0.29, 0.717) is 37.9 Å². The molecule has 0 aliphatic heterocycles. The summed E-state index contributed by atoms with van der Waals surface area (Å²) in [6.07, 6.45) is 5.56. The van der Waals surface area contributed by atoms with Crippen molar-refractivity contribution in [3.05, 3.63) is 73.8 Å². The quantitative estimate of drug-likeness (QED) is 0.659. The molecule has 26 heavy (non-hydrogen) atoms. The van der Waals surface area contributed by atoms with Crippen molar-refractivity contribution in [2.75, 3.05) is 0 Å². The molecule has 2 aromatic heterocycles. The van der Waals surface area contributed by atoms with Crippen molar-refractivity contribution in [3.8, 4) is 5.69 Å². The highest BCUT2D eigenvalue weighted by molar-refractivity contribution is 6.38. The molecule has 0 atom stereocenters. The van der Waals surface area contributed by atoms with Gasteiger partial charge in [0.25, 0.3) is 0 Å². The molecular weight excluding hydrogens is 371 g/mol. The summed E-state index contributed by atoms with van der Waals surface area (Å²) in [6, 6.07) is 5.13. The molecule has 0 spiro atoms. The number of allylic oxidation sites excluding steroid dienone is 1. The smallest absolute Gasteiger partial charge is 0.190 e. The van der Waals surface area contributed by atoms with Crippen LogP contribution in [0, 0.1) is 19.3 Å². The van der Waals surface area contributed by atoms with Gasteiger partial charge in [-0.05, 0) is 37.6 Å². The first-order valence-electron chi connectivity index (χ1n) is 7.78. The zero-order valence-corrected chi connectivity index (χ0v) is 15.7. The molecule has 1 aromatic carbocycles. The molecule has 0 saturated heterocycles. The molecular formula is C19H16Cl2N4O. The van der Waals surface area contributed by atoms with E-state index in [2.05, 4.69) is 4.98 Å². The van der Waals surface area contributed by atoms with Crippen molar-refractivity contribution >= 4 is 46.0 Å². The maximum atomic E-state index is 12.7. The Kier molecular flexibility index (Phi) is 4.85. The molecule has 5 nitrogen and oxygen atoms in total. The number of pyridine rings is 2. The van der Waals surface area contributed by atoms with Crippen LogP contribution in [0.2, 0.25) is 10.0 Å². The Hall–Kier alpha value is -2.63. The van der Waals surface area contributed by atoms with Gasteiger partial charge in [-0.3, -0.25) is 9.78 Å². The third-order valence-electron chi connectivity index (χ3n) is 4.06. The molecule has 0 saturated carbocycles. The lowest BCUT2D eigenvalue weighted by Gasteiger charge is -2.19. The third kappa shape index (κ3) is 3.00. The number of fused-ring (bicyclic) bond motifs is 1. The second-order valence-corrected chi connectivity index (χ2v) is 6.75. The number of nitrogens with zero attached hydrogens (tertiary/aromatic N) is 2. The van der Waals surface area contributed by atoms with Crippen molar-refractivity contribution in [1.82, 2.24) is 9.55 Å². The van der Waals surface area contributed by atoms with E-state index in [4.69, 9.17) is 34.3 Å². The number of rotatable bonds is 3. The summed E-state index contributed by atoms with van der Waals surface area (Å²) in [7, 11) is 0. The minimum absolute atomic E-state index is 0.188. The van der Waals surface area contributed by atoms with Crippen LogP contribution in [0.25, 0.3) is 22.3 Å². The van der Waals surface area contributed by atoms with Crippen LogP contribution in [0.1, 0.15) is 16.8 Å². The van der Waals surface area contributed by atoms with Crippen LogP contribution in [-0.2, 0) is 0 Å². The normalized spacial score (nSPS) is 11.8. The lowest BCUT2D eigenvalue weighted by atomic mass is 10.1. The maximum absolute atomic E-state index is 12.7. The van der Waals surface area contributed by atoms with Gasteiger partial charge < -0.3 is 15.7 Å². The number of nitrogens with two attached hydrogens (primary N) is 1. The van der Waals surface area contributed by atoms with Crippen molar-refractivity contribution in [3.63, 3.8) is 0 Å². The Bertz CT molecular complexity index is 1110. The lowest BCUT2D eigenvalue weighted by molar-refractivity contribution is 1.02. The van der Waals surface area contributed by atoms with E-state index in [-0.39, 0.29) is 11.1 Å². The van der Waals surface area contributed by atoms with E-state index in [1.54, 1.807) is 17.7 Å². The van der Waals surface area contributed by atoms with Gasteiger partial charge in [0, 0.05) is 35.4 Å². The summed E-state index contributed by atoms with van der Waals surface area (Å²) in [4.78, 5) is 16.9. The highest BCUT2D eigenvalue weighted by Gasteiger charge is 2.17. The first-order chi connectivity index (χ1) is 12.3. The molecule has 3 rings (SSSR count). The van der Waals surface area contributed by atoms with Gasteiger partial charge in [0.1, 0.15) is 0 Å². The molecule has 2 heterocycles. The van der Waals surface area contributed by atoms with E-state index in [1.165, 1.54) is 18.3 Å². The summed E-state index contributed by atoms with van der Waals surface area (Å²) in [6.45, 7) is 3.71. The van der Waals surface area contributed by atoms with Crippen molar-refractivity contribution in [1.29, 1.82) is 5.41 Å². The lowest BCUT2D eigenvalue weighted by Crippen LogP contribution is -2.14. The Labute approximate surface area is 160 Å². The van der Waals surface area contributed by atoms with Crippen LogP contribution in [0.4, 0.5) is 0 Å². The zero-order chi connectivity index (χ0) is 19.0. The highest BCUT2D eigenvalue weighted by Crippen LogP contribution is 2.33.